The Morgan fingerprint density at radius 1 is 1.21 bits per heavy atom. The van der Waals surface area contributed by atoms with Crippen molar-refractivity contribution in [2.45, 2.75) is 40.2 Å². The molecule has 0 radical (unpaired) electrons. The van der Waals surface area contributed by atoms with E-state index in [0.29, 0.717) is 19.3 Å². The number of ether oxygens (including phenoxy) is 2. The van der Waals surface area contributed by atoms with Gasteiger partial charge in [-0.05, 0) is 45.4 Å². The van der Waals surface area contributed by atoms with Crippen LogP contribution in [0.15, 0.2) is 18.2 Å². The Hall–Kier alpha value is -1.06. The SMILES string of the molecule is CCCNC(C)c1ccc(C)cc1OCCOCC. The van der Waals surface area contributed by atoms with Gasteiger partial charge in [0.05, 0.1) is 6.61 Å². The summed E-state index contributed by atoms with van der Waals surface area (Å²) in [6, 6.07) is 6.70. The van der Waals surface area contributed by atoms with Crippen LogP contribution in [-0.4, -0.2) is 26.4 Å². The van der Waals surface area contributed by atoms with Gasteiger partial charge in [-0.2, -0.15) is 0 Å². The van der Waals surface area contributed by atoms with E-state index in [9.17, 15) is 0 Å². The van der Waals surface area contributed by atoms with E-state index in [2.05, 4.69) is 44.3 Å². The quantitative estimate of drug-likeness (QED) is 0.693. The number of rotatable bonds is 9. The molecule has 0 aliphatic rings. The minimum atomic E-state index is 0.308. The van der Waals surface area contributed by atoms with Gasteiger partial charge in [-0.1, -0.05) is 19.1 Å². The Morgan fingerprint density at radius 2 is 2.00 bits per heavy atom. The zero-order valence-electron chi connectivity index (χ0n) is 12.7. The summed E-state index contributed by atoms with van der Waals surface area (Å²) in [4.78, 5) is 0. The van der Waals surface area contributed by atoms with Crippen LogP contribution < -0.4 is 10.1 Å². The Balaban J connectivity index is 2.67. The van der Waals surface area contributed by atoms with Crippen molar-refractivity contribution >= 4 is 0 Å². The van der Waals surface area contributed by atoms with Gasteiger partial charge in [-0.25, -0.2) is 0 Å². The van der Waals surface area contributed by atoms with Gasteiger partial charge in [0, 0.05) is 18.2 Å². The van der Waals surface area contributed by atoms with Gasteiger partial charge in [-0.3, -0.25) is 0 Å². The lowest BCUT2D eigenvalue weighted by molar-refractivity contribution is 0.109. The Kier molecular flexibility index (Phi) is 7.53. The van der Waals surface area contributed by atoms with Crippen LogP contribution in [0.4, 0.5) is 0 Å². The Labute approximate surface area is 117 Å². The molecule has 1 aromatic rings. The predicted molar refractivity (Wildman–Crippen MR) is 79.9 cm³/mol. The van der Waals surface area contributed by atoms with Crippen LogP contribution in [0.3, 0.4) is 0 Å². The molecule has 0 aromatic heterocycles. The summed E-state index contributed by atoms with van der Waals surface area (Å²) in [5.41, 5.74) is 2.44. The largest absolute Gasteiger partial charge is 0.491 e. The van der Waals surface area contributed by atoms with Crippen LogP contribution in [0, 0.1) is 6.92 Å². The molecule has 0 saturated heterocycles. The zero-order chi connectivity index (χ0) is 14.1. The summed E-state index contributed by atoms with van der Waals surface area (Å²) in [5, 5.41) is 3.50. The van der Waals surface area contributed by atoms with Gasteiger partial charge in [-0.15, -0.1) is 0 Å². The van der Waals surface area contributed by atoms with Crippen molar-refractivity contribution in [3.8, 4) is 5.75 Å². The van der Waals surface area contributed by atoms with Gasteiger partial charge in [0.2, 0.25) is 0 Å². The van der Waals surface area contributed by atoms with Crippen LogP contribution in [0.1, 0.15) is 44.4 Å². The molecular weight excluding hydrogens is 238 g/mol. The van der Waals surface area contributed by atoms with Gasteiger partial charge < -0.3 is 14.8 Å². The van der Waals surface area contributed by atoms with Crippen molar-refractivity contribution < 1.29 is 9.47 Å². The summed E-state index contributed by atoms with van der Waals surface area (Å²) in [7, 11) is 0. The van der Waals surface area contributed by atoms with E-state index in [0.717, 1.165) is 25.3 Å². The van der Waals surface area contributed by atoms with E-state index < -0.39 is 0 Å². The second-order valence-electron chi connectivity index (χ2n) is 4.76. The molecule has 0 heterocycles. The van der Waals surface area contributed by atoms with Gasteiger partial charge in [0.25, 0.3) is 0 Å². The maximum atomic E-state index is 5.86. The summed E-state index contributed by atoms with van der Waals surface area (Å²) in [5.74, 6) is 0.968. The maximum absolute atomic E-state index is 5.86. The third-order valence-corrected chi connectivity index (χ3v) is 3.03. The molecule has 3 nitrogen and oxygen atoms in total. The Morgan fingerprint density at radius 3 is 2.68 bits per heavy atom. The molecule has 1 N–H and O–H groups in total. The smallest absolute Gasteiger partial charge is 0.124 e. The molecule has 19 heavy (non-hydrogen) atoms. The first-order valence-corrected chi connectivity index (χ1v) is 7.23. The molecule has 0 bridgehead atoms. The monoisotopic (exact) mass is 265 g/mol. The highest BCUT2D eigenvalue weighted by Gasteiger charge is 2.11. The zero-order valence-corrected chi connectivity index (χ0v) is 12.7. The summed E-state index contributed by atoms with van der Waals surface area (Å²) >= 11 is 0. The molecule has 0 fully saturated rings. The highest BCUT2D eigenvalue weighted by molar-refractivity contribution is 5.39. The fourth-order valence-corrected chi connectivity index (χ4v) is 1.95. The molecule has 1 unspecified atom stereocenters. The third-order valence-electron chi connectivity index (χ3n) is 3.03. The molecule has 1 atom stereocenters. The first kappa shape index (κ1) is 16.0. The lowest BCUT2D eigenvalue weighted by Crippen LogP contribution is -2.20. The standard InChI is InChI=1S/C16H27NO2/c1-5-9-17-14(4)15-8-7-13(3)12-16(15)19-11-10-18-6-2/h7-8,12,14,17H,5-6,9-11H2,1-4H3. The minimum Gasteiger partial charge on any atom is -0.491 e. The molecule has 0 saturated carbocycles. The molecule has 1 aromatic carbocycles. The highest BCUT2D eigenvalue weighted by Crippen LogP contribution is 2.26. The fourth-order valence-electron chi connectivity index (χ4n) is 1.95. The second-order valence-corrected chi connectivity index (χ2v) is 4.76. The summed E-state index contributed by atoms with van der Waals surface area (Å²) in [6.45, 7) is 11.4. The number of hydrogen-bond donors (Lipinski definition) is 1. The minimum absolute atomic E-state index is 0.308. The second kappa shape index (κ2) is 8.94. The van der Waals surface area contributed by atoms with E-state index in [-0.39, 0.29) is 0 Å². The molecule has 0 aliphatic carbocycles. The average molecular weight is 265 g/mol. The molecule has 1 rings (SSSR count). The summed E-state index contributed by atoms with van der Waals surface area (Å²) < 4.78 is 11.2. The Bertz CT molecular complexity index is 366. The van der Waals surface area contributed by atoms with E-state index in [4.69, 9.17) is 9.47 Å². The van der Waals surface area contributed by atoms with E-state index in [1.165, 1.54) is 11.1 Å². The molecule has 3 heteroatoms. The molecule has 0 amide bonds. The van der Waals surface area contributed by atoms with E-state index in [1.807, 2.05) is 6.92 Å². The number of benzene rings is 1. The van der Waals surface area contributed by atoms with Crippen LogP contribution in [0.25, 0.3) is 0 Å². The molecular formula is C16H27NO2. The topological polar surface area (TPSA) is 30.5 Å². The first-order valence-electron chi connectivity index (χ1n) is 7.23. The third kappa shape index (κ3) is 5.62. The van der Waals surface area contributed by atoms with Crippen molar-refractivity contribution in [2.75, 3.05) is 26.4 Å². The van der Waals surface area contributed by atoms with Crippen LogP contribution >= 0.6 is 0 Å². The number of hydrogen-bond acceptors (Lipinski definition) is 3. The van der Waals surface area contributed by atoms with Crippen LogP contribution in [0.5, 0.6) is 5.75 Å². The molecule has 0 spiro atoms. The van der Waals surface area contributed by atoms with Crippen molar-refractivity contribution in [1.82, 2.24) is 5.32 Å². The van der Waals surface area contributed by atoms with Crippen molar-refractivity contribution in [3.05, 3.63) is 29.3 Å². The van der Waals surface area contributed by atoms with Crippen LogP contribution in [0.2, 0.25) is 0 Å². The van der Waals surface area contributed by atoms with Crippen molar-refractivity contribution in [1.29, 1.82) is 0 Å². The van der Waals surface area contributed by atoms with Gasteiger partial charge in [0.15, 0.2) is 0 Å². The number of nitrogens with one attached hydrogen (secondary N) is 1. The number of aryl methyl sites for hydroxylation is 1. The summed E-state index contributed by atoms with van der Waals surface area (Å²) in [6.07, 6.45) is 1.14. The lowest BCUT2D eigenvalue weighted by Gasteiger charge is -2.18. The van der Waals surface area contributed by atoms with Crippen LogP contribution in [-0.2, 0) is 4.74 Å². The van der Waals surface area contributed by atoms with E-state index in [1.54, 1.807) is 0 Å². The predicted octanol–water partition coefficient (Wildman–Crippen LogP) is 3.47. The van der Waals surface area contributed by atoms with E-state index >= 15 is 0 Å². The molecule has 0 aliphatic heterocycles. The highest BCUT2D eigenvalue weighted by atomic mass is 16.5. The van der Waals surface area contributed by atoms with Gasteiger partial charge >= 0.3 is 0 Å². The van der Waals surface area contributed by atoms with Crippen molar-refractivity contribution in [2.24, 2.45) is 0 Å². The fraction of sp³-hybridized carbons (Fsp3) is 0.625. The average Bonchev–Trinajstić information content (AvgIpc) is 2.41. The lowest BCUT2D eigenvalue weighted by atomic mass is 10.0. The van der Waals surface area contributed by atoms with Crippen molar-refractivity contribution in [3.63, 3.8) is 0 Å². The molecule has 108 valence electrons. The van der Waals surface area contributed by atoms with Gasteiger partial charge in [0.1, 0.15) is 12.4 Å². The maximum Gasteiger partial charge on any atom is 0.124 e. The first-order chi connectivity index (χ1) is 9.19. The normalized spacial score (nSPS) is 12.4.